The number of ether oxygens (including phenoxy) is 1. The van der Waals surface area contributed by atoms with Crippen LogP contribution in [0.5, 0.6) is 5.75 Å². The molecule has 1 fully saturated rings. The third-order valence-corrected chi connectivity index (χ3v) is 6.02. The van der Waals surface area contributed by atoms with Gasteiger partial charge >= 0.3 is 6.18 Å². The molecule has 1 aliphatic rings. The molecule has 3 aromatic rings. The predicted octanol–water partition coefficient (Wildman–Crippen LogP) is 5.75. The fourth-order valence-corrected chi connectivity index (χ4v) is 3.96. The van der Waals surface area contributed by atoms with Crippen molar-refractivity contribution in [3.63, 3.8) is 0 Å². The van der Waals surface area contributed by atoms with Crippen LogP contribution in [0, 0.1) is 12.7 Å². The van der Waals surface area contributed by atoms with Crippen LogP contribution in [0.4, 0.5) is 36.6 Å². The van der Waals surface area contributed by atoms with Crippen LogP contribution < -0.4 is 15.6 Å². The molecule has 0 spiro atoms. The van der Waals surface area contributed by atoms with E-state index in [2.05, 4.69) is 15.3 Å². The minimum absolute atomic E-state index is 0.0212. The molecule has 1 aliphatic carbocycles. The predicted molar refractivity (Wildman–Crippen MR) is 117 cm³/mol. The van der Waals surface area contributed by atoms with Gasteiger partial charge in [0, 0.05) is 11.8 Å². The summed E-state index contributed by atoms with van der Waals surface area (Å²) in [6.45, 7) is 0.167. The molecule has 6 nitrogen and oxygen atoms in total. The number of halogens is 7. The number of rotatable bonds is 8. The molecule has 1 N–H and O–H groups in total. The van der Waals surface area contributed by atoms with Crippen molar-refractivity contribution in [2.45, 2.75) is 50.9 Å². The highest BCUT2D eigenvalue weighted by Crippen LogP contribution is 2.44. The van der Waals surface area contributed by atoms with Gasteiger partial charge in [-0.25, -0.2) is 27.5 Å². The molecule has 0 amide bonds. The molecule has 1 aromatic carbocycles. The number of hydrogen-bond donors (Lipinski definition) is 1. The van der Waals surface area contributed by atoms with Gasteiger partial charge < -0.3 is 14.6 Å². The van der Waals surface area contributed by atoms with Crippen LogP contribution in [-0.4, -0.2) is 34.0 Å². The maximum Gasteiger partial charge on any atom is 0.422 e. The highest BCUT2D eigenvalue weighted by Gasteiger charge is 2.46. The summed E-state index contributed by atoms with van der Waals surface area (Å²) in [5.41, 5.74) is -3.36. The van der Waals surface area contributed by atoms with Crippen molar-refractivity contribution < 1.29 is 35.5 Å². The minimum atomic E-state index is -4.76. The Labute approximate surface area is 200 Å². The van der Waals surface area contributed by atoms with Gasteiger partial charge in [0.15, 0.2) is 6.61 Å². The van der Waals surface area contributed by atoms with Gasteiger partial charge in [0.05, 0.1) is 22.5 Å². The molecule has 2 aromatic heterocycles. The number of nitrogens with zero attached hydrogens (tertiary/aromatic N) is 3. The van der Waals surface area contributed by atoms with Gasteiger partial charge in [0.2, 0.25) is 5.75 Å². The van der Waals surface area contributed by atoms with Crippen molar-refractivity contribution in [2.24, 2.45) is 0 Å². The van der Waals surface area contributed by atoms with Crippen molar-refractivity contribution in [3.05, 3.63) is 57.5 Å². The summed E-state index contributed by atoms with van der Waals surface area (Å²) < 4.78 is 99.4. The van der Waals surface area contributed by atoms with Gasteiger partial charge in [-0.05, 0) is 26.7 Å². The van der Waals surface area contributed by atoms with E-state index < -0.39 is 60.2 Å². The number of nitrogens with one attached hydrogen (secondary N) is 1. The molecule has 13 heteroatoms. The first-order valence-electron chi connectivity index (χ1n) is 10.9. The lowest BCUT2D eigenvalue weighted by atomic mass is 10.0. The van der Waals surface area contributed by atoms with E-state index in [4.69, 9.17) is 4.74 Å². The van der Waals surface area contributed by atoms with Gasteiger partial charge in [0.25, 0.3) is 12.0 Å². The maximum absolute atomic E-state index is 14.7. The molecule has 194 valence electrons. The van der Waals surface area contributed by atoms with Crippen molar-refractivity contribution in [2.75, 3.05) is 18.6 Å². The van der Waals surface area contributed by atoms with E-state index in [1.165, 1.54) is 32.2 Å². The number of alkyl halides is 6. The van der Waals surface area contributed by atoms with E-state index in [0.29, 0.717) is 0 Å². The Morgan fingerprint density at radius 3 is 2.44 bits per heavy atom. The third-order valence-electron chi connectivity index (χ3n) is 6.02. The number of anilines is 1. The van der Waals surface area contributed by atoms with Crippen molar-refractivity contribution in [3.8, 4) is 5.75 Å². The van der Waals surface area contributed by atoms with Crippen LogP contribution in [0.25, 0.3) is 10.9 Å². The monoisotopic (exact) mass is 518 g/mol. The van der Waals surface area contributed by atoms with Crippen LogP contribution in [-0.2, 0) is 5.54 Å². The number of fused-ring (bicyclic) bond motifs is 1. The third kappa shape index (κ3) is 4.82. The van der Waals surface area contributed by atoms with Crippen LogP contribution in [0.1, 0.15) is 49.2 Å². The number of aryl methyl sites for hydroxylation is 1. The van der Waals surface area contributed by atoms with Crippen LogP contribution in [0.3, 0.4) is 0 Å². The van der Waals surface area contributed by atoms with Crippen molar-refractivity contribution in [1.82, 2.24) is 14.5 Å². The minimum Gasteiger partial charge on any atom is -0.477 e. The van der Waals surface area contributed by atoms with E-state index in [1.807, 2.05) is 0 Å². The van der Waals surface area contributed by atoms with Crippen LogP contribution in [0.2, 0.25) is 0 Å². The van der Waals surface area contributed by atoms with Crippen molar-refractivity contribution in [1.29, 1.82) is 0 Å². The summed E-state index contributed by atoms with van der Waals surface area (Å²) in [6.07, 6.45) is -6.01. The second kappa shape index (κ2) is 9.25. The lowest BCUT2D eigenvalue weighted by Gasteiger charge is -2.22. The number of aromatic nitrogens is 3. The molecule has 1 saturated carbocycles. The molecule has 0 unspecified atom stereocenters. The Bertz CT molecular complexity index is 1350. The topological polar surface area (TPSA) is 69.0 Å². The number of pyridine rings is 1. The number of hydrogen-bond acceptors (Lipinski definition) is 5. The van der Waals surface area contributed by atoms with Gasteiger partial charge in [-0.15, -0.1) is 0 Å². The van der Waals surface area contributed by atoms with E-state index in [-0.39, 0.29) is 41.0 Å². The average Bonchev–Trinajstić information content (AvgIpc) is 3.58. The Kier molecular flexibility index (Phi) is 6.60. The first-order chi connectivity index (χ1) is 16.9. The normalized spacial score (nSPS) is 15.8. The Balaban J connectivity index is 1.86. The fourth-order valence-electron chi connectivity index (χ4n) is 3.96. The van der Waals surface area contributed by atoms with Crippen LogP contribution >= 0.6 is 0 Å². The number of benzene rings is 1. The second-order valence-electron chi connectivity index (χ2n) is 8.69. The van der Waals surface area contributed by atoms with Crippen LogP contribution in [0.15, 0.2) is 29.2 Å². The molecule has 0 radical (unpaired) electrons. The zero-order valence-electron chi connectivity index (χ0n) is 19.1. The molecule has 0 saturated heterocycles. The quantitative estimate of drug-likeness (QED) is 0.385. The van der Waals surface area contributed by atoms with Gasteiger partial charge in [-0.1, -0.05) is 18.2 Å². The molecule has 0 aliphatic heterocycles. The van der Waals surface area contributed by atoms with E-state index in [1.54, 1.807) is 0 Å². The summed E-state index contributed by atoms with van der Waals surface area (Å²) in [5.74, 6) is -1.83. The fraction of sp³-hybridized carbons (Fsp3) is 0.435. The zero-order valence-corrected chi connectivity index (χ0v) is 19.1. The van der Waals surface area contributed by atoms with Gasteiger partial charge in [0.1, 0.15) is 29.7 Å². The maximum atomic E-state index is 14.7. The van der Waals surface area contributed by atoms with Crippen molar-refractivity contribution >= 4 is 16.7 Å². The largest absolute Gasteiger partial charge is 0.477 e. The lowest BCUT2D eigenvalue weighted by Crippen LogP contribution is -2.34. The highest BCUT2D eigenvalue weighted by molar-refractivity contribution is 5.92. The summed E-state index contributed by atoms with van der Waals surface area (Å²) in [4.78, 5) is 21.4. The van der Waals surface area contributed by atoms with Gasteiger partial charge in [-0.3, -0.25) is 4.79 Å². The second-order valence-corrected chi connectivity index (χ2v) is 8.69. The molecule has 0 bridgehead atoms. The van der Waals surface area contributed by atoms with Gasteiger partial charge in [-0.2, -0.15) is 13.2 Å². The molecular weight excluding hydrogens is 497 g/mol. The molecule has 1 atom stereocenters. The smallest absolute Gasteiger partial charge is 0.422 e. The van der Waals surface area contributed by atoms with E-state index in [0.717, 1.165) is 10.6 Å². The summed E-state index contributed by atoms with van der Waals surface area (Å²) >= 11 is 0. The van der Waals surface area contributed by atoms with E-state index >= 15 is 0 Å². The van der Waals surface area contributed by atoms with E-state index in [9.17, 15) is 35.5 Å². The lowest BCUT2D eigenvalue weighted by molar-refractivity contribution is -0.153. The summed E-state index contributed by atoms with van der Waals surface area (Å²) in [5, 5.41) is 2.88. The molecular formula is C23H21F7N4O2. The highest BCUT2D eigenvalue weighted by atomic mass is 19.4. The molecule has 36 heavy (non-hydrogen) atoms. The Hall–Kier alpha value is -3.38. The SMILES string of the molecule is Cc1nc(N[C@H](C)c2cccc(C(F)F)c2F)c2cn(C3(CF)CC3)c(=O)c(OCC(F)(F)F)c2n1. The summed E-state index contributed by atoms with van der Waals surface area (Å²) in [7, 11) is 0. The molecule has 2 heterocycles. The average molecular weight is 518 g/mol. The first-order valence-corrected chi connectivity index (χ1v) is 10.9. The Morgan fingerprint density at radius 1 is 1.19 bits per heavy atom. The Morgan fingerprint density at radius 2 is 1.86 bits per heavy atom. The standard InChI is InChI=1S/C23H21F7N4O2/c1-11(13-4-3-5-14(16(13)25)19(26)27)31-20-15-8-34(22(9-24)6-7-22)21(35)18(36-10-23(28,29)30)17(15)32-12(2)33-20/h3-5,8,11,19H,6-7,9-10H2,1-2H3,(H,31,32,33)/t11-/m1/s1. The molecule has 4 rings (SSSR count). The first kappa shape index (κ1) is 25.7. The summed E-state index contributed by atoms with van der Waals surface area (Å²) in [6, 6.07) is 2.58. The zero-order chi connectivity index (χ0) is 26.4.